The van der Waals surface area contributed by atoms with Gasteiger partial charge in [0.25, 0.3) is 0 Å². The summed E-state index contributed by atoms with van der Waals surface area (Å²) in [7, 11) is 0. The summed E-state index contributed by atoms with van der Waals surface area (Å²) in [5.74, 6) is 1.70. The van der Waals surface area contributed by atoms with Crippen molar-refractivity contribution in [2.75, 3.05) is 4.90 Å². The summed E-state index contributed by atoms with van der Waals surface area (Å²) in [5, 5.41) is 2.42. The molecular formula is C59H38N2O. The smallest absolute Gasteiger partial charge is 0.141 e. The van der Waals surface area contributed by atoms with Crippen molar-refractivity contribution in [3.8, 4) is 39.4 Å². The number of para-hydroxylation sites is 3. The van der Waals surface area contributed by atoms with Crippen LogP contribution in [0.1, 0.15) is 39.8 Å². The predicted octanol–water partition coefficient (Wildman–Crippen LogP) is 14.9. The van der Waals surface area contributed by atoms with Crippen LogP contribution in [0.5, 0.6) is 11.5 Å². The minimum absolute atomic E-state index is 0.672. The summed E-state index contributed by atoms with van der Waals surface area (Å²) in [6, 6.07) is 77.5. The Bertz CT molecular complexity index is 3390. The fourth-order valence-corrected chi connectivity index (χ4v) is 10.8. The second-order valence-corrected chi connectivity index (χ2v) is 16.6. The molecule has 62 heavy (non-hydrogen) atoms. The Labute approximate surface area is 361 Å². The molecule has 0 radical (unpaired) electrons. The van der Waals surface area contributed by atoms with Crippen LogP contribution >= 0.6 is 0 Å². The molecule has 2 heterocycles. The number of allylic oxidation sites excluding steroid dienone is 1. The first-order valence-corrected chi connectivity index (χ1v) is 21.5. The monoisotopic (exact) mass is 790 g/mol. The van der Waals surface area contributed by atoms with Crippen molar-refractivity contribution in [2.24, 2.45) is 0 Å². The number of hydrogen-bond acceptors (Lipinski definition) is 2. The molecule has 0 N–H and O–H groups in total. The van der Waals surface area contributed by atoms with E-state index in [1.165, 1.54) is 66.3 Å². The van der Waals surface area contributed by atoms with Gasteiger partial charge in [-0.15, -0.1) is 0 Å². The molecule has 1 aliphatic heterocycles. The molecule has 0 saturated heterocycles. The average molecular weight is 791 g/mol. The van der Waals surface area contributed by atoms with E-state index in [1.54, 1.807) is 0 Å². The van der Waals surface area contributed by atoms with Crippen LogP contribution in [0, 0.1) is 12.1 Å². The van der Waals surface area contributed by atoms with E-state index in [9.17, 15) is 0 Å². The van der Waals surface area contributed by atoms with Gasteiger partial charge in [0, 0.05) is 39.1 Å². The van der Waals surface area contributed by atoms with Crippen molar-refractivity contribution in [2.45, 2.75) is 18.3 Å². The van der Waals surface area contributed by atoms with Crippen molar-refractivity contribution < 1.29 is 4.74 Å². The van der Waals surface area contributed by atoms with Gasteiger partial charge in [0.1, 0.15) is 11.5 Å². The lowest BCUT2D eigenvalue weighted by molar-refractivity contribution is 0.436. The maximum atomic E-state index is 6.73. The lowest BCUT2D eigenvalue weighted by Crippen LogP contribution is -2.33. The molecule has 0 saturated carbocycles. The molecule has 0 amide bonds. The maximum absolute atomic E-state index is 6.73. The summed E-state index contributed by atoms with van der Waals surface area (Å²) in [6.07, 6.45) is 6.60. The van der Waals surface area contributed by atoms with E-state index in [-0.39, 0.29) is 0 Å². The van der Waals surface area contributed by atoms with Crippen molar-refractivity contribution >= 4 is 44.9 Å². The van der Waals surface area contributed by atoms with Crippen LogP contribution in [0.2, 0.25) is 0 Å². The molecule has 3 nitrogen and oxygen atoms in total. The zero-order valence-corrected chi connectivity index (χ0v) is 33.8. The van der Waals surface area contributed by atoms with Crippen LogP contribution in [0.15, 0.2) is 200 Å². The Morgan fingerprint density at radius 1 is 0.548 bits per heavy atom. The molecular weight excluding hydrogens is 753 g/mol. The van der Waals surface area contributed by atoms with Crippen LogP contribution in [-0.4, -0.2) is 4.57 Å². The fraction of sp³-hybridized carbons (Fsp3) is 0.0508. The molecule has 2 aliphatic carbocycles. The van der Waals surface area contributed by atoms with Gasteiger partial charge in [0.2, 0.25) is 0 Å². The molecule has 0 bridgehead atoms. The molecule has 290 valence electrons. The highest BCUT2D eigenvalue weighted by atomic mass is 16.5. The Kier molecular flexibility index (Phi) is 7.56. The van der Waals surface area contributed by atoms with E-state index < -0.39 is 5.41 Å². The number of hydrogen-bond donors (Lipinski definition) is 0. The highest BCUT2D eigenvalue weighted by molar-refractivity contribution is 6.11. The van der Waals surface area contributed by atoms with E-state index in [2.05, 4.69) is 222 Å². The SMILES string of the molecule is c1ccc2c(c#1)C1(c3ccccc3O2)c2cc(N(c3ccc(-c4ccccc4)cc3)c3ccc4c(c3)c3ccccc3n4-c3ccccc3)ccc2-c2ccc3c(c21)CCC=C3. The number of anilines is 3. The second-order valence-electron chi connectivity index (χ2n) is 16.6. The Morgan fingerprint density at radius 2 is 1.26 bits per heavy atom. The maximum Gasteiger partial charge on any atom is 0.141 e. The number of benzene rings is 8. The molecule has 1 atom stereocenters. The third kappa shape index (κ3) is 4.95. The Hall–Kier alpha value is -8.06. The Balaban J connectivity index is 1.08. The first-order valence-electron chi connectivity index (χ1n) is 21.5. The van der Waals surface area contributed by atoms with Gasteiger partial charge in [-0.25, -0.2) is 0 Å². The van der Waals surface area contributed by atoms with Crippen LogP contribution in [0.4, 0.5) is 17.1 Å². The summed E-state index contributed by atoms with van der Waals surface area (Å²) >= 11 is 0. The highest BCUT2D eigenvalue weighted by Gasteiger charge is 2.53. The molecule has 13 rings (SSSR count). The van der Waals surface area contributed by atoms with Crippen molar-refractivity contribution in [3.63, 3.8) is 0 Å². The predicted molar refractivity (Wildman–Crippen MR) is 253 cm³/mol. The second kappa shape index (κ2) is 13.5. The van der Waals surface area contributed by atoms with Gasteiger partial charge in [0.15, 0.2) is 0 Å². The van der Waals surface area contributed by atoms with Gasteiger partial charge in [0.05, 0.1) is 22.0 Å². The van der Waals surface area contributed by atoms with Crippen LogP contribution in [0.3, 0.4) is 0 Å². The normalized spacial score (nSPS) is 13.7. The number of fused-ring (bicyclic) bond motifs is 14. The lowest BCUT2D eigenvalue weighted by Gasteiger charge is -2.40. The van der Waals surface area contributed by atoms with Crippen molar-refractivity contribution in [3.05, 3.63) is 246 Å². The van der Waals surface area contributed by atoms with E-state index in [4.69, 9.17) is 4.74 Å². The van der Waals surface area contributed by atoms with Gasteiger partial charge in [-0.05, 0) is 136 Å². The molecule has 0 fully saturated rings. The molecule has 3 aliphatic rings. The third-order valence-electron chi connectivity index (χ3n) is 13.3. The van der Waals surface area contributed by atoms with E-state index in [0.717, 1.165) is 58.2 Å². The van der Waals surface area contributed by atoms with Crippen molar-refractivity contribution in [1.29, 1.82) is 0 Å². The summed E-state index contributed by atoms with van der Waals surface area (Å²) in [6.45, 7) is 0. The number of nitrogens with zero attached hydrogens (tertiary/aromatic N) is 2. The highest BCUT2D eigenvalue weighted by Crippen LogP contribution is 2.63. The van der Waals surface area contributed by atoms with Gasteiger partial charge in [-0.1, -0.05) is 140 Å². The van der Waals surface area contributed by atoms with Gasteiger partial charge in [-0.2, -0.15) is 0 Å². The molecule has 3 heteroatoms. The zero-order chi connectivity index (χ0) is 40.8. The molecule has 1 aromatic heterocycles. The fourth-order valence-electron chi connectivity index (χ4n) is 10.8. The third-order valence-corrected chi connectivity index (χ3v) is 13.3. The van der Waals surface area contributed by atoms with E-state index in [1.807, 2.05) is 6.07 Å². The number of rotatable bonds is 5. The zero-order valence-electron chi connectivity index (χ0n) is 33.8. The molecule has 1 unspecified atom stereocenters. The topological polar surface area (TPSA) is 17.4 Å². The first-order chi connectivity index (χ1) is 30.8. The van der Waals surface area contributed by atoms with Gasteiger partial charge >= 0.3 is 0 Å². The lowest BCUT2D eigenvalue weighted by atomic mass is 9.64. The number of aromatic nitrogens is 1. The summed E-state index contributed by atoms with van der Waals surface area (Å²) in [5.41, 5.74) is 18.4. The van der Waals surface area contributed by atoms with Gasteiger partial charge in [-0.3, -0.25) is 0 Å². The van der Waals surface area contributed by atoms with Gasteiger partial charge < -0.3 is 14.2 Å². The van der Waals surface area contributed by atoms with E-state index in [0.29, 0.717) is 0 Å². The standard InChI is InChI=1S/C59H38N2O/c1-3-15-39(16-4-1)40-27-30-43(31-28-40)60(44-33-36-55-50(37-44)48-21-9-12-24-54(48)61(55)42-18-5-2-6-19-42)45-32-35-47-49-34-29-41-17-7-8-20-46(41)58(49)59(53(47)38-45)51-22-10-13-25-56(51)62-57-26-14-11-23-52(57)59/h1-7,9-10,12-19,21-22,24-38H,8,20H2. The van der Waals surface area contributed by atoms with Crippen molar-refractivity contribution in [1.82, 2.24) is 4.57 Å². The van der Waals surface area contributed by atoms with E-state index >= 15 is 0 Å². The van der Waals surface area contributed by atoms with Crippen LogP contribution in [0.25, 0.3) is 55.8 Å². The molecule has 10 aromatic rings. The van der Waals surface area contributed by atoms with Crippen LogP contribution < -0.4 is 9.64 Å². The Morgan fingerprint density at radius 3 is 2.15 bits per heavy atom. The largest absolute Gasteiger partial charge is 0.456 e. The first kappa shape index (κ1) is 34.8. The minimum atomic E-state index is -0.672. The average Bonchev–Trinajstić information content (AvgIpc) is 3.83. The summed E-state index contributed by atoms with van der Waals surface area (Å²) in [4.78, 5) is 2.44. The molecule has 9 aromatic carbocycles. The number of ether oxygens (including phenoxy) is 1. The van der Waals surface area contributed by atoms with Crippen LogP contribution in [-0.2, 0) is 11.8 Å². The summed E-state index contributed by atoms with van der Waals surface area (Å²) < 4.78 is 9.12. The quantitative estimate of drug-likeness (QED) is 0.173. The molecule has 1 spiro atoms. The minimum Gasteiger partial charge on any atom is -0.456 e.